The number of benzene rings is 1. The molecule has 1 saturated heterocycles. The lowest BCUT2D eigenvalue weighted by atomic mass is 9.48. The third-order valence-electron chi connectivity index (χ3n) is 6.19. The quantitative estimate of drug-likeness (QED) is 0.866. The number of carbonyl (C=O) groups is 2. The van der Waals surface area contributed by atoms with Gasteiger partial charge in [-0.2, -0.15) is 5.10 Å². The fourth-order valence-electron chi connectivity index (χ4n) is 4.99. The highest BCUT2D eigenvalue weighted by Gasteiger charge is 2.66. The molecule has 136 valence electrons. The van der Waals surface area contributed by atoms with Crippen LogP contribution in [0.3, 0.4) is 0 Å². The zero-order valence-electron chi connectivity index (χ0n) is 15.2. The van der Waals surface area contributed by atoms with Crippen molar-refractivity contribution < 1.29 is 9.59 Å². The summed E-state index contributed by atoms with van der Waals surface area (Å²) in [6, 6.07) is 6.97. The number of aryl methyl sites for hydroxylation is 1. The second-order valence-corrected chi connectivity index (χ2v) is 8.25. The largest absolute Gasteiger partial charge is 0.369 e. The van der Waals surface area contributed by atoms with E-state index in [9.17, 15) is 14.4 Å². The number of hydrogen-bond donors (Lipinski definition) is 1. The summed E-state index contributed by atoms with van der Waals surface area (Å²) < 4.78 is 1.19. The van der Waals surface area contributed by atoms with Crippen molar-refractivity contribution in [2.45, 2.75) is 20.3 Å². The number of nitrogens with zero attached hydrogens (tertiary/aromatic N) is 3. The minimum Gasteiger partial charge on any atom is -0.369 e. The van der Waals surface area contributed by atoms with E-state index in [-0.39, 0.29) is 34.4 Å². The smallest absolute Gasteiger partial charge is 0.274 e. The van der Waals surface area contributed by atoms with Crippen LogP contribution in [0.15, 0.2) is 29.1 Å². The lowest BCUT2D eigenvalue weighted by Crippen LogP contribution is -2.59. The molecule has 2 amide bonds. The first-order chi connectivity index (χ1) is 12.2. The molecule has 1 aliphatic heterocycles. The average Bonchev–Trinajstić information content (AvgIpc) is 2.94. The molecule has 0 radical (unpaired) electrons. The second-order valence-electron chi connectivity index (χ2n) is 8.25. The van der Waals surface area contributed by atoms with Gasteiger partial charge in [0.25, 0.3) is 11.5 Å². The fraction of sp³-hybridized carbons (Fsp3) is 0.474. The van der Waals surface area contributed by atoms with Gasteiger partial charge in [-0.1, -0.05) is 32.0 Å². The van der Waals surface area contributed by atoms with Gasteiger partial charge in [-0.05, 0) is 23.8 Å². The zero-order valence-corrected chi connectivity index (χ0v) is 15.2. The summed E-state index contributed by atoms with van der Waals surface area (Å²) in [5.41, 5.74) is 5.02. The molecule has 1 aliphatic carbocycles. The van der Waals surface area contributed by atoms with Crippen molar-refractivity contribution >= 4 is 22.6 Å². The van der Waals surface area contributed by atoms with E-state index in [1.165, 1.54) is 11.7 Å². The van der Waals surface area contributed by atoms with Crippen LogP contribution in [0.25, 0.3) is 10.8 Å². The van der Waals surface area contributed by atoms with E-state index >= 15 is 0 Å². The minimum atomic E-state index is -0.643. The number of amides is 2. The number of hydrogen-bond acceptors (Lipinski definition) is 4. The molecular weight excluding hydrogens is 332 g/mol. The van der Waals surface area contributed by atoms with E-state index in [1.54, 1.807) is 29.2 Å². The Balaban J connectivity index is 1.77. The van der Waals surface area contributed by atoms with E-state index in [2.05, 4.69) is 18.9 Å². The predicted octanol–water partition coefficient (Wildman–Crippen LogP) is 0.907. The maximum atomic E-state index is 13.2. The maximum Gasteiger partial charge on any atom is 0.274 e. The molecule has 7 nitrogen and oxygen atoms in total. The molecular formula is C19H22N4O3. The molecule has 2 aromatic rings. The number of rotatable bonds is 2. The lowest BCUT2D eigenvalue weighted by molar-refractivity contribution is -0.148. The molecule has 2 heterocycles. The number of aromatic nitrogens is 2. The Bertz CT molecular complexity index is 1010. The maximum absolute atomic E-state index is 13.2. The number of fused-ring (bicyclic) bond motifs is 2. The van der Waals surface area contributed by atoms with Gasteiger partial charge >= 0.3 is 0 Å². The van der Waals surface area contributed by atoms with Crippen LogP contribution in [0.4, 0.5) is 0 Å². The third-order valence-corrected chi connectivity index (χ3v) is 6.19. The molecule has 0 bridgehead atoms. The molecule has 2 N–H and O–H groups in total. The van der Waals surface area contributed by atoms with E-state index in [1.807, 2.05) is 0 Å². The van der Waals surface area contributed by atoms with E-state index in [0.29, 0.717) is 30.3 Å². The van der Waals surface area contributed by atoms with Crippen LogP contribution in [-0.4, -0.2) is 39.6 Å². The zero-order chi connectivity index (χ0) is 18.9. The summed E-state index contributed by atoms with van der Waals surface area (Å²) in [5, 5.41) is 5.21. The van der Waals surface area contributed by atoms with Gasteiger partial charge in [0.05, 0.1) is 10.8 Å². The van der Waals surface area contributed by atoms with Crippen molar-refractivity contribution in [2.75, 3.05) is 13.1 Å². The van der Waals surface area contributed by atoms with Crippen molar-refractivity contribution in [3.05, 3.63) is 40.3 Å². The number of carbonyl (C=O) groups excluding carboxylic acids is 2. The van der Waals surface area contributed by atoms with Crippen molar-refractivity contribution in [3.8, 4) is 0 Å². The number of likely N-dealkylation sites (tertiary alicyclic amines) is 1. The summed E-state index contributed by atoms with van der Waals surface area (Å²) in [5.74, 6) is -0.548. The number of nitrogens with two attached hydrogens (primary N) is 1. The van der Waals surface area contributed by atoms with Crippen molar-refractivity contribution in [1.29, 1.82) is 0 Å². The molecule has 0 unspecified atom stereocenters. The average molecular weight is 354 g/mol. The van der Waals surface area contributed by atoms with Gasteiger partial charge in [0, 0.05) is 25.5 Å². The van der Waals surface area contributed by atoms with Gasteiger partial charge < -0.3 is 10.6 Å². The predicted molar refractivity (Wildman–Crippen MR) is 96.4 cm³/mol. The van der Waals surface area contributed by atoms with Gasteiger partial charge in [0.1, 0.15) is 0 Å². The van der Waals surface area contributed by atoms with Gasteiger partial charge in [-0.25, -0.2) is 4.68 Å². The summed E-state index contributed by atoms with van der Waals surface area (Å²) in [6.07, 6.45) is 0.686. The highest BCUT2D eigenvalue weighted by molar-refractivity contribution is 6.05. The molecule has 1 saturated carbocycles. The Kier molecular flexibility index (Phi) is 3.32. The molecule has 4 rings (SSSR count). The Morgan fingerprint density at radius 2 is 1.88 bits per heavy atom. The van der Waals surface area contributed by atoms with E-state index < -0.39 is 5.41 Å². The summed E-state index contributed by atoms with van der Waals surface area (Å²) in [7, 11) is 1.53. The monoisotopic (exact) mass is 354 g/mol. The molecule has 26 heavy (non-hydrogen) atoms. The molecule has 2 atom stereocenters. The van der Waals surface area contributed by atoms with Crippen molar-refractivity contribution in [1.82, 2.24) is 14.7 Å². The standard InChI is InChI=1S/C19H22N4O3/c1-18(2)9-19(17(20)26)10-23(8-13(18)19)16(25)14-11-6-4-5-7-12(11)15(24)22(3)21-14/h4-7,13H,8-10H2,1-3H3,(H2,20,26)/t13-,19+/m1/s1. The normalized spacial score (nSPS) is 26.4. The molecule has 2 aliphatic rings. The Labute approximate surface area is 150 Å². The Hall–Kier alpha value is -2.70. The van der Waals surface area contributed by atoms with Crippen LogP contribution in [0.2, 0.25) is 0 Å². The fourth-order valence-corrected chi connectivity index (χ4v) is 4.99. The van der Waals surface area contributed by atoms with Crippen molar-refractivity contribution in [2.24, 2.45) is 29.5 Å². The lowest BCUT2D eigenvalue weighted by Gasteiger charge is -2.54. The molecule has 2 fully saturated rings. The summed E-state index contributed by atoms with van der Waals surface area (Å²) >= 11 is 0. The third kappa shape index (κ3) is 2.06. The first kappa shape index (κ1) is 16.8. The summed E-state index contributed by atoms with van der Waals surface area (Å²) in [6.45, 7) is 5.00. The van der Waals surface area contributed by atoms with Gasteiger partial charge in [0.2, 0.25) is 5.91 Å². The first-order valence-corrected chi connectivity index (χ1v) is 8.73. The van der Waals surface area contributed by atoms with E-state index in [0.717, 1.165) is 0 Å². The van der Waals surface area contributed by atoms with E-state index in [4.69, 9.17) is 5.73 Å². The first-order valence-electron chi connectivity index (χ1n) is 8.73. The van der Waals surface area contributed by atoms with Crippen LogP contribution in [0.5, 0.6) is 0 Å². The van der Waals surface area contributed by atoms with Crippen LogP contribution in [0.1, 0.15) is 30.8 Å². The topological polar surface area (TPSA) is 98.3 Å². The van der Waals surface area contributed by atoms with Crippen LogP contribution >= 0.6 is 0 Å². The van der Waals surface area contributed by atoms with Crippen LogP contribution in [-0.2, 0) is 11.8 Å². The molecule has 7 heteroatoms. The molecule has 1 aromatic carbocycles. The molecule has 0 spiro atoms. The Morgan fingerprint density at radius 1 is 1.23 bits per heavy atom. The minimum absolute atomic E-state index is 0.0247. The van der Waals surface area contributed by atoms with Crippen LogP contribution < -0.4 is 11.3 Å². The van der Waals surface area contributed by atoms with Gasteiger partial charge in [0.15, 0.2) is 5.69 Å². The highest BCUT2D eigenvalue weighted by Crippen LogP contribution is 2.62. The Morgan fingerprint density at radius 3 is 2.46 bits per heavy atom. The SMILES string of the molecule is Cn1nc(C(=O)N2C[C@@H]3C(C)(C)C[C@]3(C(N)=O)C2)c2ccccc2c1=O. The summed E-state index contributed by atoms with van der Waals surface area (Å²) in [4.78, 5) is 39.3. The van der Waals surface area contributed by atoms with Gasteiger partial charge in [-0.15, -0.1) is 0 Å². The number of primary amides is 1. The highest BCUT2D eigenvalue weighted by atomic mass is 16.2. The second kappa shape index (κ2) is 5.16. The molecule has 1 aromatic heterocycles. The van der Waals surface area contributed by atoms with Crippen LogP contribution in [0, 0.1) is 16.7 Å². The van der Waals surface area contributed by atoms with Gasteiger partial charge in [-0.3, -0.25) is 14.4 Å². The van der Waals surface area contributed by atoms with Crippen molar-refractivity contribution in [3.63, 3.8) is 0 Å².